The number of para-hydroxylation sites is 1. The van der Waals surface area contributed by atoms with Gasteiger partial charge in [0.05, 0.1) is 29.6 Å². The average Bonchev–Trinajstić information content (AvgIpc) is 3.50. The number of benzene rings is 4. The SMILES string of the molecule is C=CC(=O)OCCCCOc1ccc(C(=O)Nc2ccc(-c3ccc(CCC)cc3)c(/C=N/Nc3nc4ccccc4s3)c2)cc1. The third-order valence-corrected chi connectivity index (χ3v) is 8.05. The van der Waals surface area contributed by atoms with Crippen molar-refractivity contribution in [3.63, 3.8) is 0 Å². The van der Waals surface area contributed by atoms with E-state index in [1.54, 1.807) is 30.5 Å². The number of rotatable bonds is 15. The van der Waals surface area contributed by atoms with Crippen LogP contribution in [-0.2, 0) is 16.0 Å². The number of thiazole rings is 1. The predicted octanol–water partition coefficient (Wildman–Crippen LogP) is 8.50. The quantitative estimate of drug-likeness (QED) is 0.0395. The summed E-state index contributed by atoms with van der Waals surface area (Å²) < 4.78 is 11.8. The van der Waals surface area contributed by atoms with E-state index < -0.39 is 5.97 Å². The average molecular weight is 633 g/mol. The van der Waals surface area contributed by atoms with E-state index >= 15 is 0 Å². The number of aromatic nitrogens is 1. The van der Waals surface area contributed by atoms with Crippen molar-refractivity contribution in [3.05, 3.63) is 120 Å². The van der Waals surface area contributed by atoms with E-state index in [-0.39, 0.29) is 5.91 Å². The molecule has 0 saturated heterocycles. The summed E-state index contributed by atoms with van der Waals surface area (Å²) >= 11 is 1.54. The lowest BCUT2D eigenvalue weighted by Crippen LogP contribution is -2.12. The summed E-state index contributed by atoms with van der Waals surface area (Å²) in [6.07, 6.45) is 6.45. The Morgan fingerprint density at radius 1 is 0.957 bits per heavy atom. The number of hydrazone groups is 1. The molecule has 46 heavy (non-hydrogen) atoms. The molecular formula is C37H36N4O4S. The van der Waals surface area contributed by atoms with Gasteiger partial charge >= 0.3 is 5.97 Å². The van der Waals surface area contributed by atoms with Crippen LogP contribution in [-0.4, -0.2) is 36.3 Å². The molecule has 4 aromatic carbocycles. The van der Waals surface area contributed by atoms with Gasteiger partial charge in [0.25, 0.3) is 5.91 Å². The Kier molecular flexibility index (Phi) is 11.3. The van der Waals surface area contributed by atoms with E-state index in [0.29, 0.717) is 41.8 Å². The molecule has 0 spiro atoms. The van der Waals surface area contributed by atoms with Crippen molar-refractivity contribution < 1.29 is 19.1 Å². The van der Waals surface area contributed by atoms with E-state index in [4.69, 9.17) is 9.47 Å². The van der Waals surface area contributed by atoms with Gasteiger partial charge in [-0.3, -0.25) is 10.2 Å². The van der Waals surface area contributed by atoms with Gasteiger partial charge < -0.3 is 14.8 Å². The van der Waals surface area contributed by atoms with Crippen molar-refractivity contribution in [1.82, 2.24) is 4.98 Å². The Morgan fingerprint density at radius 3 is 2.50 bits per heavy atom. The minimum atomic E-state index is -0.426. The first-order chi connectivity index (χ1) is 22.5. The van der Waals surface area contributed by atoms with Crippen LogP contribution in [0.15, 0.2) is 109 Å². The molecule has 8 nitrogen and oxygen atoms in total. The molecule has 1 aromatic heterocycles. The number of carbonyl (C=O) groups is 2. The molecule has 2 N–H and O–H groups in total. The zero-order valence-electron chi connectivity index (χ0n) is 25.7. The Balaban J connectivity index is 1.25. The summed E-state index contributed by atoms with van der Waals surface area (Å²) in [5.74, 6) is 0.000532. The molecule has 0 saturated carbocycles. The fourth-order valence-electron chi connectivity index (χ4n) is 4.76. The molecule has 1 amide bonds. The second kappa shape index (κ2) is 16.2. The maximum Gasteiger partial charge on any atom is 0.330 e. The molecule has 0 aliphatic rings. The van der Waals surface area contributed by atoms with E-state index in [1.807, 2.05) is 42.5 Å². The van der Waals surface area contributed by atoms with Crippen LogP contribution in [0.1, 0.15) is 47.7 Å². The highest BCUT2D eigenvalue weighted by Crippen LogP contribution is 2.28. The summed E-state index contributed by atoms with van der Waals surface area (Å²) in [6, 6.07) is 29.3. The Bertz CT molecular complexity index is 1780. The second-order valence-corrected chi connectivity index (χ2v) is 11.5. The van der Waals surface area contributed by atoms with E-state index in [2.05, 4.69) is 58.6 Å². The van der Waals surface area contributed by atoms with Gasteiger partial charge in [0.1, 0.15) is 5.75 Å². The molecule has 0 aliphatic heterocycles. The number of amides is 1. The lowest BCUT2D eigenvalue weighted by Gasteiger charge is -2.12. The first-order valence-electron chi connectivity index (χ1n) is 15.2. The van der Waals surface area contributed by atoms with Crippen LogP contribution in [0, 0.1) is 0 Å². The van der Waals surface area contributed by atoms with Crippen molar-refractivity contribution in [2.75, 3.05) is 24.0 Å². The number of nitrogens with zero attached hydrogens (tertiary/aromatic N) is 2. The van der Waals surface area contributed by atoms with Crippen molar-refractivity contribution in [2.45, 2.75) is 32.6 Å². The number of ether oxygens (including phenoxy) is 2. The molecule has 5 aromatic rings. The Hall–Kier alpha value is -5.28. The van der Waals surface area contributed by atoms with Gasteiger partial charge in [-0.1, -0.05) is 73.7 Å². The van der Waals surface area contributed by atoms with Crippen molar-refractivity contribution >= 4 is 50.5 Å². The third kappa shape index (κ3) is 8.89. The maximum atomic E-state index is 13.1. The summed E-state index contributed by atoms with van der Waals surface area (Å²) in [5, 5.41) is 8.21. The number of unbranched alkanes of at least 4 members (excludes halogenated alkanes) is 1. The lowest BCUT2D eigenvalue weighted by atomic mass is 9.97. The number of aryl methyl sites for hydroxylation is 1. The van der Waals surface area contributed by atoms with Crippen LogP contribution < -0.4 is 15.5 Å². The van der Waals surface area contributed by atoms with Gasteiger partial charge in [-0.05, 0) is 84.5 Å². The summed E-state index contributed by atoms with van der Waals surface area (Å²) in [6.45, 7) is 6.35. The fraction of sp³-hybridized carbons (Fsp3) is 0.189. The van der Waals surface area contributed by atoms with Gasteiger partial charge in [-0.25, -0.2) is 9.78 Å². The van der Waals surface area contributed by atoms with Gasteiger partial charge in [-0.2, -0.15) is 5.10 Å². The molecule has 0 atom stereocenters. The van der Waals surface area contributed by atoms with Crippen LogP contribution >= 0.6 is 11.3 Å². The molecule has 5 rings (SSSR count). The summed E-state index contributed by atoms with van der Waals surface area (Å²) in [4.78, 5) is 28.8. The number of esters is 1. The zero-order valence-corrected chi connectivity index (χ0v) is 26.5. The van der Waals surface area contributed by atoms with Crippen molar-refractivity contribution in [2.24, 2.45) is 5.10 Å². The second-order valence-electron chi connectivity index (χ2n) is 10.5. The highest BCUT2D eigenvalue weighted by molar-refractivity contribution is 7.22. The number of anilines is 2. The molecule has 0 unspecified atom stereocenters. The molecule has 0 aliphatic carbocycles. The number of fused-ring (bicyclic) bond motifs is 1. The normalized spacial score (nSPS) is 11.0. The van der Waals surface area contributed by atoms with E-state index in [1.165, 1.54) is 16.9 Å². The minimum absolute atomic E-state index is 0.234. The molecular weight excluding hydrogens is 596 g/mol. The lowest BCUT2D eigenvalue weighted by molar-refractivity contribution is -0.137. The maximum absolute atomic E-state index is 13.1. The number of hydrogen-bond donors (Lipinski definition) is 2. The first kappa shape index (κ1) is 32.1. The highest BCUT2D eigenvalue weighted by Gasteiger charge is 2.11. The molecule has 0 radical (unpaired) electrons. The largest absolute Gasteiger partial charge is 0.494 e. The van der Waals surface area contributed by atoms with Gasteiger partial charge in [0, 0.05) is 22.9 Å². The molecule has 0 bridgehead atoms. The summed E-state index contributed by atoms with van der Waals surface area (Å²) in [7, 11) is 0. The summed E-state index contributed by atoms with van der Waals surface area (Å²) in [5.41, 5.74) is 9.34. The topological polar surface area (TPSA) is 102 Å². The third-order valence-electron chi connectivity index (χ3n) is 7.11. The van der Waals surface area contributed by atoms with Crippen LogP contribution in [0.2, 0.25) is 0 Å². The van der Waals surface area contributed by atoms with Crippen LogP contribution in [0.25, 0.3) is 21.3 Å². The van der Waals surface area contributed by atoms with E-state index in [0.717, 1.165) is 52.2 Å². The van der Waals surface area contributed by atoms with Gasteiger partial charge in [0.2, 0.25) is 5.13 Å². The van der Waals surface area contributed by atoms with E-state index in [9.17, 15) is 9.59 Å². The smallest absolute Gasteiger partial charge is 0.330 e. The van der Waals surface area contributed by atoms with Crippen molar-refractivity contribution in [1.29, 1.82) is 0 Å². The molecule has 234 valence electrons. The Labute approximate surface area is 272 Å². The predicted molar refractivity (Wildman–Crippen MR) is 187 cm³/mol. The fourth-order valence-corrected chi connectivity index (χ4v) is 5.57. The van der Waals surface area contributed by atoms with Gasteiger partial charge in [-0.15, -0.1) is 0 Å². The zero-order chi connectivity index (χ0) is 32.1. The Morgan fingerprint density at radius 2 is 1.74 bits per heavy atom. The van der Waals surface area contributed by atoms with Crippen LogP contribution in [0.4, 0.5) is 10.8 Å². The molecule has 9 heteroatoms. The van der Waals surface area contributed by atoms with Crippen LogP contribution in [0.5, 0.6) is 5.75 Å². The number of nitrogens with one attached hydrogen (secondary N) is 2. The first-order valence-corrected chi connectivity index (χ1v) is 16.1. The number of hydrogen-bond acceptors (Lipinski definition) is 8. The standard InChI is InChI=1S/C37H36N4O4S/c1-3-9-26-12-14-27(15-13-26)32-21-18-30(24-29(32)25-38-41-37-40-33-10-5-6-11-34(33)46-37)39-36(43)28-16-19-31(20-17-28)44-22-7-8-23-45-35(42)4-2/h4-6,10-21,24-25H,2-3,7-9,22-23H2,1H3,(H,39,43)(H,40,41)/b38-25+. The van der Waals surface area contributed by atoms with Gasteiger partial charge in [0.15, 0.2) is 0 Å². The monoisotopic (exact) mass is 632 g/mol. The van der Waals surface area contributed by atoms with Crippen molar-refractivity contribution in [3.8, 4) is 16.9 Å². The minimum Gasteiger partial charge on any atom is -0.494 e. The van der Waals surface area contributed by atoms with Crippen LogP contribution in [0.3, 0.4) is 0 Å². The number of carbonyl (C=O) groups excluding carboxylic acids is 2. The molecule has 1 heterocycles. The highest BCUT2D eigenvalue weighted by atomic mass is 32.1. The molecule has 0 fully saturated rings.